The fraction of sp³-hybridized carbons (Fsp3) is 0.250. The first-order valence-electron chi connectivity index (χ1n) is 7.98. The largest absolute Gasteiger partial charge is 0.468 e. The van der Waals surface area contributed by atoms with E-state index in [1.54, 1.807) is 11.8 Å². The van der Waals surface area contributed by atoms with Crippen molar-refractivity contribution in [1.29, 1.82) is 0 Å². The molecule has 0 aliphatic heterocycles. The zero-order chi connectivity index (χ0) is 19.3. The average Bonchev–Trinajstić information content (AvgIpc) is 3.01. The van der Waals surface area contributed by atoms with Crippen LogP contribution in [0.5, 0.6) is 0 Å². The highest BCUT2D eigenvalue weighted by molar-refractivity contribution is 8.22. The first-order valence-corrected chi connectivity index (χ1v) is 9.62. The lowest BCUT2D eigenvalue weighted by Crippen LogP contribution is -2.26. The minimum absolute atomic E-state index is 0.502. The Morgan fingerprint density at radius 3 is 1.88 bits per heavy atom. The second-order valence-corrected chi connectivity index (χ2v) is 7.61. The molecule has 0 atom stereocenters. The van der Waals surface area contributed by atoms with Crippen LogP contribution in [0.25, 0.3) is 21.8 Å². The fourth-order valence-electron chi connectivity index (χ4n) is 2.52. The van der Waals surface area contributed by atoms with Gasteiger partial charge in [0.25, 0.3) is 0 Å². The van der Waals surface area contributed by atoms with Gasteiger partial charge < -0.3 is 9.53 Å². The second kappa shape index (κ2) is 8.47. The number of thiocarbonyl (C=S) groups is 1. The van der Waals surface area contributed by atoms with E-state index in [1.807, 2.05) is 6.26 Å². The highest BCUT2D eigenvalue weighted by atomic mass is 32.2. The molecule has 0 amide bonds. The van der Waals surface area contributed by atoms with Crippen LogP contribution in [0.4, 0.5) is 0 Å². The van der Waals surface area contributed by atoms with Crippen LogP contribution in [0.15, 0.2) is 48.5 Å². The maximum Gasteiger partial charge on any atom is 0.318 e. The lowest BCUT2D eigenvalue weighted by atomic mass is 9.97. The van der Waals surface area contributed by atoms with E-state index in [0.29, 0.717) is 6.29 Å². The minimum Gasteiger partial charge on any atom is -0.468 e. The number of para-hydroxylation sites is 2. The van der Waals surface area contributed by atoms with Crippen molar-refractivity contribution in [2.75, 3.05) is 13.4 Å². The smallest absolute Gasteiger partial charge is 0.318 e. The predicted molar refractivity (Wildman–Crippen MR) is 113 cm³/mol. The van der Waals surface area contributed by atoms with Crippen molar-refractivity contribution in [3.63, 3.8) is 0 Å². The zero-order valence-corrected chi connectivity index (χ0v) is 16.8. The molecule has 0 saturated carbocycles. The van der Waals surface area contributed by atoms with E-state index in [4.69, 9.17) is 12.2 Å². The van der Waals surface area contributed by atoms with Gasteiger partial charge in [-0.2, -0.15) is 0 Å². The van der Waals surface area contributed by atoms with Crippen LogP contribution in [0.3, 0.4) is 0 Å². The molecule has 4 nitrogen and oxygen atoms in total. The number of hydrogen-bond acceptors (Lipinski definition) is 5. The lowest BCUT2D eigenvalue weighted by molar-refractivity contribution is -0.152. The lowest BCUT2D eigenvalue weighted by Gasteiger charge is -2.11. The van der Waals surface area contributed by atoms with E-state index in [2.05, 4.69) is 57.8 Å². The number of ether oxygens (including phenoxy) is 1. The van der Waals surface area contributed by atoms with Gasteiger partial charge in [0.05, 0.1) is 18.1 Å². The number of hydrogen-bond donors (Lipinski definition) is 0. The molecule has 0 aliphatic rings. The Morgan fingerprint density at radius 1 is 1.08 bits per heavy atom. The van der Waals surface area contributed by atoms with Gasteiger partial charge in [0.2, 0.25) is 0 Å². The molecule has 0 unspecified atom stereocenters. The normalized spacial score (nSPS) is 10.9. The van der Waals surface area contributed by atoms with Crippen molar-refractivity contribution < 1.29 is 14.3 Å². The number of benzene rings is 2. The summed E-state index contributed by atoms with van der Waals surface area (Å²) in [6, 6.07) is 16.8. The third kappa shape index (κ3) is 3.97. The van der Waals surface area contributed by atoms with E-state index < -0.39 is 11.4 Å². The van der Waals surface area contributed by atoms with Gasteiger partial charge in [-0.1, -0.05) is 60.4 Å². The summed E-state index contributed by atoms with van der Waals surface area (Å²) < 4.78 is 7.38. The van der Waals surface area contributed by atoms with Crippen molar-refractivity contribution in [3.05, 3.63) is 48.5 Å². The molecule has 1 heterocycles. The summed E-state index contributed by atoms with van der Waals surface area (Å²) in [6.45, 7) is 3.01. The van der Waals surface area contributed by atoms with E-state index in [-0.39, 0.29) is 0 Å². The molecule has 3 rings (SSSR count). The highest BCUT2D eigenvalue weighted by Crippen LogP contribution is 2.29. The van der Waals surface area contributed by atoms with Crippen molar-refractivity contribution in [2.45, 2.75) is 13.8 Å². The van der Waals surface area contributed by atoms with E-state index in [1.165, 1.54) is 42.8 Å². The molecule has 0 spiro atoms. The van der Waals surface area contributed by atoms with Gasteiger partial charge in [-0.15, -0.1) is 0 Å². The number of nitrogens with zero attached hydrogens (tertiary/aromatic N) is 1. The summed E-state index contributed by atoms with van der Waals surface area (Å²) in [5.41, 5.74) is 1.38. The van der Waals surface area contributed by atoms with Gasteiger partial charge in [-0.3, -0.25) is 9.36 Å². The topological polar surface area (TPSA) is 48.3 Å². The summed E-state index contributed by atoms with van der Waals surface area (Å²) in [6.07, 6.45) is 2.59. The Hall–Kier alpha value is -2.18. The quantitative estimate of drug-likeness (QED) is 0.277. The third-order valence-electron chi connectivity index (χ3n) is 3.94. The second-order valence-electron chi connectivity index (χ2n) is 6.17. The summed E-state index contributed by atoms with van der Waals surface area (Å²) in [4.78, 5) is 20.7. The predicted octanol–water partition coefficient (Wildman–Crippen LogP) is 4.68. The Labute approximate surface area is 162 Å². The van der Waals surface area contributed by atoms with Gasteiger partial charge in [0, 0.05) is 10.8 Å². The van der Waals surface area contributed by atoms with Crippen LogP contribution in [0, 0.1) is 5.41 Å². The average molecular weight is 388 g/mol. The van der Waals surface area contributed by atoms with Crippen LogP contribution in [-0.2, 0) is 14.3 Å². The summed E-state index contributed by atoms with van der Waals surface area (Å²) >= 11 is 7.06. The van der Waals surface area contributed by atoms with Crippen LogP contribution in [0.1, 0.15) is 13.8 Å². The van der Waals surface area contributed by atoms with Gasteiger partial charge >= 0.3 is 5.97 Å². The number of aromatic nitrogens is 1. The Bertz CT molecular complexity index is 907. The Morgan fingerprint density at radius 2 is 1.54 bits per heavy atom. The van der Waals surface area contributed by atoms with Gasteiger partial charge in [0.15, 0.2) is 0 Å². The first-order chi connectivity index (χ1) is 12.4. The summed E-state index contributed by atoms with van der Waals surface area (Å²) in [5.74, 6) is -0.502. The van der Waals surface area contributed by atoms with Gasteiger partial charge in [-0.25, -0.2) is 0 Å². The van der Waals surface area contributed by atoms with Crippen LogP contribution in [-0.4, -0.2) is 34.5 Å². The molecule has 2 aromatic carbocycles. The molecule has 0 saturated heterocycles. The minimum atomic E-state index is -0.991. The molecular weight excluding hydrogens is 366 g/mol. The monoisotopic (exact) mass is 387 g/mol. The van der Waals surface area contributed by atoms with E-state index in [9.17, 15) is 9.59 Å². The number of aldehydes is 1. The highest BCUT2D eigenvalue weighted by Gasteiger charge is 2.27. The molecular formula is C20H21NO3S2. The molecule has 26 heavy (non-hydrogen) atoms. The van der Waals surface area contributed by atoms with Crippen molar-refractivity contribution in [3.8, 4) is 0 Å². The van der Waals surface area contributed by atoms with Crippen molar-refractivity contribution in [1.82, 2.24) is 4.57 Å². The number of rotatable bonds is 2. The van der Waals surface area contributed by atoms with Crippen LogP contribution in [0.2, 0.25) is 0 Å². The number of fused-ring (bicyclic) bond motifs is 3. The molecule has 0 fully saturated rings. The number of methoxy groups -OCH3 is 1. The number of thioether (sulfide) groups is 1. The number of carbonyl (C=O) groups is 2. The molecule has 1 aromatic heterocycles. The molecule has 6 heteroatoms. The first kappa shape index (κ1) is 20.1. The number of esters is 1. The van der Waals surface area contributed by atoms with Gasteiger partial charge in [0.1, 0.15) is 16.0 Å². The summed E-state index contributed by atoms with van der Waals surface area (Å²) in [5, 5.41) is 2.53. The SMILES string of the molecule is COC(=O)C(C)(C)C=O.CSC(=S)n1c2ccccc2c2ccccc21. The molecule has 3 aromatic rings. The van der Waals surface area contributed by atoms with Crippen LogP contribution < -0.4 is 0 Å². The maximum absolute atomic E-state index is 10.6. The van der Waals surface area contributed by atoms with Gasteiger partial charge in [-0.05, 0) is 32.2 Å². The van der Waals surface area contributed by atoms with E-state index >= 15 is 0 Å². The molecule has 0 bridgehead atoms. The fourth-order valence-corrected chi connectivity index (χ4v) is 3.10. The van der Waals surface area contributed by atoms with E-state index in [0.717, 1.165) is 4.32 Å². The van der Waals surface area contributed by atoms with Crippen molar-refractivity contribution in [2.24, 2.45) is 5.41 Å². The van der Waals surface area contributed by atoms with Crippen LogP contribution >= 0.6 is 24.0 Å². The number of carbonyl (C=O) groups excluding carboxylic acids is 2. The van der Waals surface area contributed by atoms with Crippen molar-refractivity contribution >= 4 is 62.4 Å². The maximum atomic E-state index is 10.6. The third-order valence-corrected chi connectivity index (χ3v) is 5.16. The molecule has 136 valence electrons. The molecule has 0 radical (unpaired) electrons. The Balaban J connectivity index is 0.000000232. The summed E-state index contributed by atoms with van der Waals surface area (Å²) in [7, 11) is 1.26. The standard InChI is InChI=1S/C14H11NS2.C6H10O3/c1-17-14(16)15-12-8-4-2-6-10(12)11-7-3-5-9-13(11)15;1-6(2,4-7)5(8)9-3/h2-9H,1H3;4H,1-3H3. The Kier molecular flexibility index (Phi) is 6.56. The molecule has 0 aliphatic carbocycles. The molecule has 0 N–H and O–H groups in total. The zero-order valence-electron chi connectivity index (χ0n) is 15.2.